The van der Waals surface area contributed by atoms with Gasteiger partial charge in [-0.3, -0.25) is 0 Å². The topological polar surface area (TPSA) is 32.8 Å². The van der Waals surface area contributed by atoms with Gasteiger partial charge in [0.05, 0.1) is 0 Å². The molecule has 0 unspecified atom stereocenters. The number of furan rings is 2. The Morgan fingerprint density at radius 2 is 0.831 bits per heavy atom. The van der Waals surface area contributed by atoms with Crippen molar-refractivity contribution in [1.29, 1.82) is 0 Å². The molecular weight excluding hydrogens is 1070 g/mol. The summed E-state index contributed by atoms with van der Waals surface area (Å²) in [6, 6.07) is 103. The van der Waals surface area contributed by atoms with Gasteiger partial charge in [0, 0.05) is 108 Å². The van der Waals surface area contributed by atoms with Gasteiger partial charge in [-0.15, -0.1) is 22.7 Å². The number of nitrogens with zero attached hydrogens (tertiary/aromatic N) is 2. The molecule has 18 rings (SSSR count). The van der Waals surface area contributed by atoms with E-state index in [2.05, 4.69) is 277 Å². The van der Waals surface area contributed by atoms with Crippen molar-refractivity contribution in [3.63, 3.8) is 0 Å². The molecule has 0 atom stereocenters. The highest BCUT2D eigenvalue weighted by Gasteiger charge is 2.50. The first-order valence-corrected chi connectivity index (χ1v) is 31.8. The zero-order chi connectivity index (χ0) is 54.3. The molecular formula is C76H46N2O2S2Si. The Bertz CT molecular complexity index is 5380. The highest BCUT2D eigenvalue weighted by Crippen LogP contribution is 2.46. The highest BCUT2D eigenvalue weighted by molar-refractivity contribution is 7.27. The van der Waals surface area contributed by atoms with Crippen molar-refractivity contribution in [2.45, 2.75) is 0 Å². The molecule has 0 N–H and O–H groups in total. The highest BCUT2D eigenvalue weighted by atomic mass is 32.1. The fourth-order valence-electron chi connectivity index (χ4n) is 13.8. The molecule has 17 aromatic rings. The van der Waals surface area contributed by atoms with Crippen LogP contribution >= 0.6 is 22.7 Å². The van der Waals surface area contributed by atoms with E-state index >= 15 is 0 Å². The Morgan fingerprint density at radius 1 is 0.313 bits per heavy atom. The van der Waals surface area contributed by atoms with Gasteiger partial charge >= 0.3 is 0 Å². The number of fused-ring (bicyclic) bond motifs is 15. The molecule has 1 aliphatic heterocycles. The summed E-state index contributed by atoms with van der Waals surface area (Å²) in [6.07, 6.45) is 0. The molecule has 0 saturated heterocycles. The van der Waals surface area contributed by atoms with E-state index < -0.39 is 8.07 Å². The smallest absolute Gasteiger partial charge is 0.184 e. The van der Waals surface area contributed by atoms with Gasteiger partial charge in [-0.2, -0.15) is 0 Å². The molecule has 4 aromatic heterocycles. The van der Waals surface area contributed by atoms with Crippen LogP contribution in [-0.2, 0) is 0 Å². The van der Waals surface area contributed by atoms with Gasteiger partial charge in [-0.25, -0.2) is 0 Å². The van der Waals surface area contributed by atoms with Crippen LogP contribution in [0.5, 0.6) is 0 Å². The zero-order valence-electron chi connectivity index (χ0n) is 44.6. The van der Waals surface area contributed by atoms with Crippen LogP contribution in [0.2, 0.25) is 0 Å². The largest absolute Gasteiger partial charge is 0.456 e. The number of benzene rings is 13. The van der Waals surface area contributed by atoms with Crippen LogP contribution in [0, 0.1) is 0 Å². The van der Waals surface area contributed by atoms with E-state index in [0.717, 1.165) is 72.2 Å². The lowest BCUT2D eigenvalue weighted by atomic mass is 9.98. The van der Waals surface area contributed by atoms with Crippen LogP contribution in [0.15, 0.2) is 288 Å². The lowest BCUT2D eigenvalue weighted by molar-refractivity contribution is 0.669. The molecule has 1 aliphatic rings. The minimum atomic E-state index is -3.25. The summed E-state index contributed by atoms with van der Waals surface area (Å²) >= 11 is 3.78. The minimum absolute atomic E-state index is 0.816. The van der Waals surface area contributed by atoms with Crippen molar-refractivity contribution >= 4 is 181 Å². The summed E-state index contributed by atoms with van der Waals surface area (Å²) in [6.45, 7) is 0. The standard InChI is InChI=1S/C76H46N2O2S2Si/c1-2-17-49(18-3-1)78-65-24-9-13-28-75(65)83(53-35-39-62-60-21-7-11-26-71(60)81-73(62)43-53,54-36-40-63-61-22-8-12-27-72(61)82-74(63)44-54)76-46-70-64(45-66(76)78)59-38-34-52(42-69(59)80-70)77(51-33-37-58-57-20-6-10-25-67(57)79-68(58)41-51)50-31-29-48(30-32-50)56-23-14-16-47-15-4-5-19-55(47)56/h1-46H. The second kappa shape index (κ2) is 18.0. The van der Waals surface area contributed by atoms with Gasteiger partial charge in [0.15, 0.2) is 8.07 Å². The molecule has 0 aliphatic carbocycles. The maximum atomic E-state index is 7.39. The quantitative estimate of drug-likeness (QED) is 0.149. The van der Waals surface area contributed by atoms with Crippen molar-refractivity contribution < 1.29 is 8.83 Å². The molecule has 388 valence electrons. The third kappa shape index (κ3) is 6.96. The fourth-order valence-corrected chi connectivity index (χ4v) is 21.4. The Kier molecular flexibility index (Phi) is 10.1. The number of anilines is 6. The van der Waals surface area contributed by atoms with Crippen LogP contribution in [0.4, 0.5) is 34.1 Å². The first kappa shape index (κ1) is 46.7. The summed E-state index contributed by atoms with van der Waals surface area (Å²) in [7, 11) is -3.25. The van der Waals surface area contributed by atoms with Crippen LogP contribution in [0.3, 0.4) is 0 Å². The van der Waals surface area contributed by atoms with Gasteiger partial charge in [0.2, 0.25) is 0 Å². The predicted molar refractivity (Wildman–Crippen MR) is 356 cm³/mol. The van der Waals surface area contributed by atoms with E-state index in [1.165, 1.54) is 88.8 Å². The van der Waals surface area contributed by atoms with Crippen molar-refractivity contribution in [3.05, 3.63) is 279 Å². The Labute approximate surface area is 486 Å². The summed E-state index contributed by atoms with van der Waals surface area (Å²) in [5.74, 6) is 0. The molecule has 7 heteroatoms. The van der Waals surface area contributed by atoms with E-state index in [0.29, 0.717) is 0 Å². The van der Waals surface area contributed by atoms with E-state index in [4.69, 9.17) is 8.83 Å². The fraction of sp³-hybridized carbons (Fsp3) is 0. The zero-order valence-corrected chi connectivity index (χ0v) is 47.2. The van der Waals surface area contributed by atoms with Crippen molar-refractivity contribution in [1.82, 2.24) is 0 Å². The van der Waals surface area contributed by atoms with Gasteiger partial charge in [-0.1, -0.05) is 170 Å². The summed E-state index contributed by atoms with van der Waals surface area (Å²) in [5, 5.41) is 17.3. The molecule has 0 saturated carbocycles. The van der Waals surface area contributed by atoms with Crippen molar-refractivity contribution in [3.8, 4) is 11.1 Å². The van der Waals surface area contributed by atoms with Crippen LogP contribution in [-0.4, -0.2) is 8.07 Å². The maximum absolute atomic E-state index is 7.39. The van der Waals surface area contributed by atoms with Crippen molar-refractivity contribution in [2.75, 3.05) is 9.80 Å². The minimum Gasteiger partial charge on any atom is -0.456 e. The Hall–Kier alpha value is -10.0. The molecule has 13 aromatic carbocycles. The first-order valence-electron chi connectivity index (χ1n) is 28.2. The first-order chi connectivity index (χ1) is 41.1. The Morgan fingerprint density at radius 3 is 1.54 bits per heavy atom. The summed E-state index contributed by atoms with van der Waals surface area (Å²) in [4.78, 5) is 4.84. The average Bonchev–Trinajstić information content (AvgIpc) is 1.98. The number of thiophene rings is 2. The lowest BCUT2D eigenvalue weighted by Gasteiger charge is -2.45. The van der Waals surface area contributed by atoms with Crippen LogP contribution in [0.25, 0.3) is 106 Å². The molecule has 0 radical (unpaired) electrons. The maximum Gasteiger partial charge on any atom is 0.184 e. The van der Waals surface area contributed by atoms with Crippen LogP contribution < -0.4 is 30.5 Å². The lowest BCUT2D eigenvalue weighted by Crippen LogP contribution is -2.77. The number of hydrogen-bond acceptors (Lipinski definition) is 6. The number of hydrogen-bond donors (Lipinski definition) is 0. The van der Waals surface area contributed by atoms with Gasteiger partial charge in [0.25, 0.3) is 0 Å². The van der Waals surface area contributed by atoms with Gasteiger partial charge in [-0.05, 0) is 140 Å². The molecule has 5 heterocycles. The molecule has 0 fully saturated rings. The van der Waals surface area contributed by atoms with Crippen LogP contribution in [0.1, 0.15) is 0 Å². The normalized spacial score (nSPS) is 13.1. The third-order valence-electron chi connectivity index (χ3n) is 17.5. The second-order valence-electron chi connectivity index (χ2n) is 21.9. The van der Waals surface area contributed by atoms with Gasteiger partial charge in [0.1, 0.15) is 22.3 Å². The van der Waals surface area contributed by atoms with E-state index in [9.17, 15) is 0 Å². The second-order valence-corrected chi connectivity index (χ2v) is 27.8. The third-order valence-corrected chi connectivity index (χ3v) is 24.6. The molecule has 4 nitrogen and oxygen atoms in total. The average molecular weight is 1110 g/mol. The molecule has 0 bridgehead atoms. The molecule has 0 spiro atoms. The van der Waals surface area contributed by atoms with Gasteiger partial charge < -0.3 is 18.6 Å². The number of rotatable bonds is 7. The van der Waals surface area contributed by atoms with Crippen molar-refractivity contribution in [2.24, 2.45) is 0 Å². The summed E-state index contributed by atoms with van der Waals surface area (Å²) in [5.41, 5.74) is 12.2. The molecule has 83 heavy (non-hydrogen) atoms. The SMILES string of the molecule is c1ccc(N2c3ccccc3[Si](c3ccc4c(c3)sc3ccccc34)(c3ccc4c(c3)sc3ccccc34)c3cc4oc5cc(N(c6ccc(-c7cccc8ccccc78)cc6)c6ccc7c(c6)oc6ccccc67)ccc5c4cc32)cc1. The van der Waals surface area contributed by atoms with E-state index in [1.54, 1.807) is 0 Å². The monoisotopic (exact) mass is 1110 g/mol. The predicted octanol–water partition coefficient (Wildman–Crippen LogP) is 19.7. The Balaban J connectivity index is 0.878. The molecule has 0 amide bonds. The number of para-hydroxylation sites is 3. The summed E-state index contributed by atoms with van der Waals surface area (Å²) < 4.78 is 19.1. The van der Waals surface area contributed by atoms with E-state index in [-0.39, 0.29) is 0 Å². The van der Waals surface area contributed by atoms with E-state index in [1.807, 2.05) is 34.8 Å².